The van der Waals surface area contributed by atoms with Crippen molar-refractivity contribution in [3.8, 4) is 0 Å². The van der Waals surface area contributed by atoms with Crippen molar-refractivity contribution in [1.29, 1.82) is 0 Å². The Morgan fingerprint density at radius 3 is 2.95 bits per heavy atom. The van der Waals surface area contributed by atoms with Crippen LogP contribution >= 0.6 is 11.8 Å². The number of hydrogen-bond acceptors (Lipinski definition) is 4. The van der Waals surface area contributed by atoms with E-state index in [2.05, 4.69) is 22.2 Å². The predicted octanol–water partition coefficient (Wildman–Crippen LogP) is 1.55. The fourth-order valence-corrected chi connectivity index (χ4v) is 3.44. The van der Waals surface area contributed by atoms with Gasteiger partial charge in [-0.05, 0) is 5.56 Å². The molecule has 19 heavy (non-hydrogen) atoms. The molecule has 1 aromatic heterocycles. The van der Waals surface area contributed by atoms with Crippen molar-refractivity contribution < 1.29 is 4.79 Å². The molecule has 2 aromatic rings. The Hall–Kier alpha value is -1.82. The van der Waals surface area contributed by atoms with Gasteiger partial charge in [-0.25, -0.2) is 9.67 Å². The fourth-order valence-electron chi connectivity index (χ4n) is 2.16. The number of hydrogen-bond donors (Lipinski definition) is 0. The van der Waals surface area contributed by atoms with Gasteiger partial charge >= 0.3 is 0 Å². The van der Waals surface area contributed by atoms with Gasteiger partial charge in [0.25, 0.3) is 0 Å². The van der Waals surface area contributed by atoms with Gasteiger partial charge in [-0.15, -0.1) is 11.8 Å². The number of carbonyl (C=O) groups excluding carboxylic acids is 1. The third kappa shape index (κ3) is 2.63. The Morgan fingerprint density at radius 1 is 1.37 bits per heavy atom. The van der Waals surface area contributed by atoms with E-state index in [9.17, 15) is 4.79 Å². The van der Waals surface area contributed by atoms with E-state index in [0.717, 1.165) is 12.3 Å². The third-order valence-corrected chi connectivity index (χ3v) is 4.32. The summed E-state index contributed by atoms with van der Waals surface area (Å²) in [5.41, 5.74) is 1.18. The normalized spacial score (nSPS) is 18.7. The largest absolute Gasteiger partial charge is 0.324 e. The van der Waals surface area contributed by atoms with E-state index in [-0.39, 0.29) is 17.8 Å². The Labute approximate surface area is 115 Å². The number of amides is 1. The Balaban J connectivity index is 1.74. The summed E-state index contributed by atoms with van der Waals surface area (Å²) in [6, 6.07) is 10.1. The Morgan fingerprint density at radius 2 is 2.21 bits per heavy atom. The molecule has 0 bridgehead atoms. The standard InChI is InChI=1S/C13H14N4OS/c18-12(8-16-10-14-9-15-16)17-6-7-19-13(17)11-4-2-1-3-5-11/h1-5,9-10,13H,6-8H2. The van der Waals surface area contributed by atoms with Crippen molar-refractivity contribution in [1.82, 2.24) is 19.7 Å². The highest BCUT2D eigenvalue weighted by Gasteiger charge is 2.30. The van der Waals surface area contributed by atoms with Gasteiger partial charge in [0, 0.05) is 12.3 Å². The molecule has 0 saturated carbocycles. The molecule has 98 valence electrons. The van der Waals surface area contributed by atoms with Crippen molar-refractivity contribution >= 4 is 17.7 Å². The molecule has 1 aromatic carbocycles. The maximum absolute atomic E-state index is 12.3. The lowest BCUT2D eigenvalue weighted by Crippen LogP contribution is -2.33. The lowest BCUT2D eigenvalue weighted by molar-refractivity contribution is -0.132. The maximum atomic E-state index is 12.3. The van der Waals surface area contributed by atoms with Crippen LogP contribution in [0.1, 0.15) is 10.9 Å². The Kier molecular flexibility index (Phi) is 3.50. The van der Waals surface area contributed by atoms with Crippen molar-refractivity contribution in [3.63, 3.8) is 0 Å². The predicted molar refractivity (Wildman–Crippen MR) is 73.4 cm³/mol. The summed E-state index contributed by atoms with van der Waals surface area (Å²) in [5.74, 6) is 1.06. The highest BCUT2D eigenvalue weighted by atomic mass is 32.2. The molecule has 2 heterocycles. The second-order valence-electron chi connectivity index (χ2n) is 4.31. The zero-order valence-corrected chi connectivity index (χ0v) is 11.2. The van der Waals surface area contributed by atoms with Crippen LogP contribution in [0.3, 0.4) is 0 Å². The van der Waals surface area contributed by atoms with Crippen LogP contribution in [-0.4, -0.2) is 37.9 Å². The molecule has 0 aliphatic carbocycles. The number of rotatable bonds is 3. The van der Waals surface area contributed by atoms with Crippen LogP contribution in [0.15, 0.2) is 43.0 Å². The minimum absolute atomic E-state index is 0.0874. The number of nitrogens with zero attached hydrogens (tertiary/aromatic N) is 4. The van der Waals surface area contributed by atoms with E-state index in [1.54, 1.807) is 22.8 Å². The van der Waals surface area contributed by atoms with Crippen LogP contribution in [-0.2, 0) is 11.3 Å². The summed E-state index contributed by atoms with van der Waals surface area (Å²) < 4.78 is 1.56. The minimum Gasteiger partial charge on any atom is -0.324 e. The van der Waals surface area contributed by atoms with Crippen molar-refractivity contribution in [2.24, 2.45) is 0 Å². The average Bonchev–Trinajstić information content (AvgIpc) is 3.10. The number of benzene rings is 1. The van der Waals surface area contributed by atoms with Crippen molar-refractivity contribution in [2.75, 3.05) is 12.3 Å². The van der Waals surface area contributed by atoms with Crippen molar-refractivity contribution in [2.45, 2.75) is 11.9 Å². The molecule has 0 N–H and O–H groups in total. The quantitative estimate of drug-likeness (QED) is 0.852. The summed E-state index contributed by atoms with van der Waals surface area (Å²) in [5, 5.41) is 4.10. The molecule has 1 fully saturated rings. The van der Waals surface area contributed by atoms with Gasteiger partial charge in [0.15, 0.2) is 0 Å². The maximum Gasteiger partial charge on any atom is 0.245 e. The second-order valence-corrected chi connectivity index (χ2v) is 5.50. The number of carbonyl (C=O) groups is 1. The fraction of sp³-hybridized carbons (Fsp3) is 0.308. The number of aromatic nitrogens is 3. The molecule has 0 spiro atoms. The molecule has 6 heteroatoms. The molecular weight excluding hydrogens is 260 g/mol. The summed E-state index contributed by atoms with van der Waals surface area (Å²) in [6.07, 6.45) is 3.01. The van der Waals surface area contributed by atoms with Gasteiger partial charge in [-0.3, -0.25) is 4.79 Å². The molecule has 0 radical (unpaired) electrons. The van der Waals surface area contributed by atoms with Gasteiger partial charge < -0.3 is 4.90 Å². The molecule has 1 atom stereocenters. The van der Waals surface area contributed by atoms with Crippen LogP contribution in [0, 0.1) is 0 Å². The van der Waals surface area contributed by atoms with Crippen LogP contribution in [0.5, 0.6) is 0 Å². The zero-order valence-electron chi connectivity index (χ0n) is 10.3. The minimum atomic E-state index is 0.0874. The van der Waals surface area contributed by atoms with Gasteiger partial charge in [0.2, 0.25) is 5.91 Å². The van der Waals surface area contributed by atoms with E-state index >= 15 is 0 Å². The first-order chi connectivity index (χ1) is 9.34. The molecule has 3 rings (SSSR count). The molecule has 5 nitrogen and oxygen atoms in total. The van der Waals surface area contributed by atoms with Crippen LogP contribution in [0.25, 0.3) is 0 Å². The highest BCUT2D eigenvalue weighted by molar-refractivity contribution is 7.99. The molecule has 1 amide bonds. The molecular formula is C13H14N4OS. The van der Waals surface area contributed by atoms with E-state index < -0.39 is 0 Å². The van der Waals surface area contributed by atoms with Gasteiger partial charge in [0.05, 0.1) is 0 Å². The summed E-state index contributed by atoms with van der Waals surface area (Å²) >= 11 is 1.80. The monoisotopic (exact) mass is 274 g/mol. The van der Waals surface area contributed by atoms with E-state index in [1.807, 2.05) is 23.1 Å². The lowest BCUT2D eigenvalue weighted by atomic mass is 10.2. The highest BCUT2D eigenvalue weighted by Crippen LogP contribution is 2.37. The topological polar surface area (TPSA) is 51.0 Å². The van der Waals surface area contributed by atoms with E-state index in [1.165, 1.54) is 11.9 Å². The Bertz CT molecular complexity index is 543. The van der Waals surface area contributed by atoms with Crippen LogP contribution in [0.4, 0.5) is 0 Å². The molecule has 1 saturated heterocycles. The second kappa shape index (κ2) is 5.44. The SMILES string of the molecule is O=C(Cn1cncn1)N1CCSC1c1ccccc1. The summed E-state index contributed by atoms with van der Waals surface area (Å²) in [7, 11) is 0. The first-order valence-electron chi connectivity index (χ1n) is 6.13. The lowest BCUT2D eigenvalue weighted by Gasteiger charge is -2.24. The smallest absolute Gasteiger partial charge is 0.245 e. The van der Waals surface area contributed by atoms with Crippen molar-refractivity contribution in [3.05, 3.63) is 48.5 Å². The number of thioether (sulfide) groups is 1. The zero-order chi connectivity index (χ0) is 13.1. The summed E-state index contributed by atoms with van der Waals surface area (Å²) in [6.45, 7) is 1.04. The third-order valence-electron chi connectivity index (χ3n) is 3.06. The first kappa shape index (κ1) is 12.2. The molecule has 1 aliphatic rings. The van der Waals surface area contributed by atoms with E-state index in [0.29, 0.717) is 0 Å². The average molecular weight is 274 g/mol. The first-order valence-corrected chi connectivity index (χ1v) is 7.18. The summed E-state index contributed by atoms with van der Waals surface area (Å²) in [4.78, 5) is 18.1. The van der Waals surface area contributed by atoms with Gasteiger partial charge in [-0.1, -0.05) is 30.3 Å². The van der Waals surface area contributed by atoms with Gasteiger partial charge in [-0.2, -0.15) is 5.10 Å². The molecule has 1 aliphatic heterocycles. The van der Waals surface area contributed by atoms with Gasteiger partial charge in [0.1, 0.15) is 24.6 Å². The van der Waals surface area contributed by atoms with Crippen LogP contribution in [0.2, 0.25) is 0 Å². The molecule has 1 unspecified atom stereocenters. The van der Waals surface area contributed by atoms with E-state index in [4.69, 9.17) is 0 Å². The van der Waals surface area contributed by atoms with Crippen LogP contribution < -0.4 is 0 Å².